The Kier molecular flexibility index (Phi) is 5.59. The molecule has 1 aromatic rings. The zero-order valence-electron chi connectivity index (χ0n) is 12.3. The van der Waals surface area contributed by atoms with Gasteiger partial charge < -0.3 is 10.6 Å². The minimum Gasteiger partial charge on any atom is -0.352 e. The molecule has 1 amide bonds. The number of carbonyl (C=O) groups is 1. The van der Waals surface area contributed by atoms with Crippen LogP contribution in [-0.2, 0) is 11.3 Å². The number of rotatable bonds is 5. The molecule has 21 heavy (non-hydrogen) atoms. The third-order valence-corrected chi connectivity index (χ3v) is 4.50. The number of carbonyl (C=O) groups excluding carboxylic acids is 1. The summed E-state index contributed by atoms with van der Waals surface area (Å²) in [5.74, 6) is -0.334. The summed E-state index contributed by atoms with van der Waals surface area (Å²) in [6, 6.07) is 4.54. The summed E-state index contributed by atoms with van der Waals surface area (Å²) in [7, 11) is 0. The van der Waals surface area contributed by atoms with Gasteiger partial charge in [-0.3, -0.25) is 4.79 Å². The predicted molar refractivity (Wildman–Crippen MR) is 82.7 cm³/mol. The molecule has 3 nitrogen and oxygen atoms in total. The Morgan fingerprint density at radius 2 is 2.14 bits per heavy atom. The van der Waals surface area contributed by atoms with Gasteiger partial charge in [-0.1, -0.05) is 31.0 Å². The second-order valence-electron chi connectivity index (χ2n) is 5.71. The maximum absolute atomic E-state index is 13.1. The first-order valence-corrected chi connectivity index (χ1v) is 7.88. The summed E-state index contributed by atoms with van der Waals surface area (Å²) >= 11 is 5.76. The number of amides is 1. The average molecular weight is 313 g/mol. The van der Waals surface area contributed by atoms with Crippen LogP contribution < -0.4 is 10.6 Å². The van der Waals surface area contributed by atoms with Crippen molar-refractivity contribution in [3.63, 3.8) is 0 Å². The summed E-state index contributed by atoms with van der Waals surface area (Å²) in [5.41, 5.74) is 0.555. The molecule has 0 radical (unpaired) electrons. The molecule has 1 heterocycles. The first kappa shape index (κ1) is 16.2. The third kappa shape index (κ3) is 3.95. The van der Waals surface area contributed by atoms with Crippen molar-refractivity contribution in [3.8, 4) is 0 Å². The van der Waals surface area contributed by atoms with E-state index in [0.29, 0.717) is 6.54 Å². The summed E-state index contributed by atoms with van der Waals surface area (Å²) in [5, 5.41) is 6.38. The van der Waals surface area contributed by atoms with Crippen LogP contribution in [-0.4, -0.2) is 19.0 Å². The third-order valence-electron chi connectivity index (χ3n) is 4.21. The van der Waals surface area contributed by atoms with E-state index in [1.165, 1.54) is 6.07 Å². The Morgan fingerprint density at radius 3 is 2.76 bits per heavy atom. The molecular weight excluding hydrogens is 291 g/mol. The van der Waals surface area contributed by atoms with Gasteiger partial charge in [-0.2, -0.15) is 0 Å². The molecule has 0 unspecified atom stereocenters. The number of piperidine rings is 1. The van der Waals surface area contributed by atoms with Crippen LogP contribution in [0.5, 0.6) is 0 Å². The lowest BCUT2D eigenvalue weighted by Gasteiger charge is -2.36. The highest BCUT2D eigenvalue weighted by molar-refractivity contribution is 6.30. The van der Waals surface area contributed by atoms with Crippen molar-refractivity contribution in [3.05, 3.63) is 34.6 Å². The molecule has 1 aromatic carbocycles. The number of benzene rings is 1. The minimum absolute atomic E-state index is 0.0897. The van der Waals surface area contributed by atoms with Gasteiger partial charge in [-0.15, -0.1) is 0 Å². The summed E-state index contributed by atoms with van der Waals surface area (Å²) in [6.07, 6.45) is 3.65. The van der Waals surface area contributed by atoms with Gasteiger partial charge in [-0.25, -0.2) is 4.39 Å². The lowest BCUT2D eigenvalue weighted by Crippen LogP contribution is -2.47. The molecule has 1 aliphatic heterocycles. The van der Waals surface area contributed by atoms with E-state index in [4.69, 9.17) is 11.6 Å². The fourth-order valence-electron chi connectivity index (χ4n) is 2.99. The van der Waals surface area contributed by atoms with Crippen molar-refractivity contribution in [2.75, 3.05) is 13.1 Å². The fourth-order valence-corrected chi connectivity index (χ4v) is 3.20. The van der Waals surface area contributed by atoms with E-state index < -0.39 is 5.82 Å². The SMILES string of the molecule is CCCC1(C(=O)NCc2ccc(F)c(Cl)c2)CCNCC1. The normalized spacial score (nSPS) is 17.5. The lowest BCUT2D eigenvalue weighted by molar-refractivity contribution is -0.133. The van der Waals surface area contributed by atoms with Gasteiger partial charge in [0, 0.05) is 6.54 Å². The molecule has 2 rings (SSSR count). The highest BCUT2D eigenvalue weighted by atomic mass is 35.5. The molecule has 0 aliphatic carbocycles. The zero-order chi connectivity index (χ0) is 15.3. The van der Waals surface area contributed by atoms with E-state index in [-0.39, 0.29) is 16.3 Å². The van der Waals surface area contributed by atoms with Crippen LogP contribution >= 0.6 is 11.6 Å². The molecular formula is C16H22ClFN2O. The summed E-state index contributed by atoms with van der Waals surface area (Å²) in [4.78, 5) is 12.6. The monoisotopic (exact) mass is 312 g/mol. The van der Waals surface area contributed by atoms with E-state index in [0.717, 1.165) is 44.3 Å². The van der Waals surface area contributed by atoms with Crippen molar-refractivity contribution in [1.82, 2.24) is 10.6 Å². The summed E-state index contributed by atoms with van der Waals surface area (Å²) in [6.45, 7) is 4.26. The first-order valence-electron chi connectivity index (χ1n) is 7.50. The van der Waals surface area contributed by atoms with Gasteiger partial charge in [0.2, 0.25) is 5.91 Å². The molecule has 1 fully saturated rings. The Morgan fingerprint density at radius 1 is 1.43 bits per heavy atom. The van der Waals surface area contributed by atoms with E-state index in [1.807, 2.05) is 0 Å². The van der Waals surface area contributed by atoms with E-state index in [9.17, 15) is 9.18 Å². The van der Waals surface area contributed by atoms with Crippen LogP contribution in [0.4, 0.5) is 4.39 Å². The molecule has 0 aromatic heterocycles. The number of nitrogens with one attached hydrogen (secondary N) is 2. The molecule has 0 spiro atoms. The summed E-state index contributed by atoms with van der Waals surface area (Å²) < 4.78 is 13.1. The van der Waals surface area contributed by atoms with Gasteiger partial charge in [-0.05, 0) is 50.0 Å². The molecule has 5 heteroatoms. The van der Waals surface area contributed by atoms with Crippen molar-refractivity contribution >= 4 is 17.5 Å². The second-order valence-corrected chi connectivity index (χ2v) is 6.12. The van der Waals surface area contributed by atoms with Crippen LogP contribution in [0.1, 0.15) is 38.2 Å². The van der Waals surface area contributed by atoms with Crippen LogP contribution in [0.3, 0.4) is 0 Å². The number of halogens is 2. The minimum atomic E-state index is -0.437. The Bertz CT molecular complexity index is 496. The van der Waals surface area contributed by atoms with E-state index in [1.54, 1.807) is 12.1 Å². The van der Waals surface area contributed by atoms with E-state index in [2.05, 4.69) is 17.6 Å². The van der Waals surface area contributed by atoms with Gasteiger partial charge in [0.1, 0.15) is 5.82 Å². The van der Waals surface area contributed by atoms with Crippen LogP contribution in [0, 0.1) is 11.2 Å². The van der Waals surface area contributed by atoms with Crippen molar-refractivity contribution in [1.29, 1.82) is 0 Å². The predicted octanol–water partition coefficient (Wildman–Crippen LogP) is 3.27. The highest BCUT2D eigenvalue weighted by Gasteiger charge is 2.38. The molecule has 0 bridgehead atoms. The van der Waals surface area contributed by atoms with Gasteiger partial charge in [0.15, 0.2) is 0 Å². The van der Waals surface area contributed by atoms with Crippen molar-refractivity contribution < 1.29 is 9.18 Å². The van der Waals surface area contributed by atoms with Crippen LogP contribution in [0.2, 0.25) is 5.02 Å². The maximum Gasteiger partial charge on any atom is 0.226 e. The van der Waals surface area contributed by atoms with Gasteiger partial charge >= 0.3 is 0 Å². The van der Waals surface area contributed by atoms with E-state index >= 15 is 0 Å². The highest BCUT2D eigenvalue weighted by Crippen LogP contribution is 2.34. The van der Waals surface area contributed by atoms with Gasteiger partial charge in [0.25, 0.3) is 0 Å². The number of hydrogen-bond acceptors (Lipinski definition) is 2. The van der Waals surface area contributed by atoms with Crippen LogP contribution in [0.25, 0.3) is 0 Å². The topological polar surface area (TPSA) is 41.1 Å². The Hall–Kier alpha value is -1.13. The Labute approximate surface area is 130 Å². The zero-order valence-corrected chi connectivity index (χ0v) is 13.1. The first-order chi connectivity index (χ1) is 10.1. The average Bonchev–Trinajstić information content (AvgIpc) is 2.49. The quantitative estimate of drug-likeness (QED) is 0.876. The molecule has 0 atom stereocenters. The molecule has 116 valence electrons. The molecule has 1 saturated heterocycles. The standard InChI is InChI=1S/C16H22ClFN2O/c1-2-5-16(6-8-19-9-7-16)15(21)20-11-12-3-4-14(18)13(17)10-12/h3-4,10,19H,2,5-9,11H2,1H3,(H,20,21). The maximum atomic E-state index is 13.1. The second kappa shape index (κ2) is 7.23. The largest absolute Gasteiger partial charge is 0.352 e. The van der Waals surface area contributed by atoms with Crippen LogP contribution in [0.15, 0.2) is 18.2 Å². The van der Waals surface area contributed by atoms with Crippen molar-refractivity contribution in [2.24, 2.45) is 5.41 Å². The lowest BCUT2D eigenvalue weighted by atomic mass is 9.74. The van der Waals surface area contributed by atoms with Crippen molar-refractivity contribution in [2.45, 2.75) is 39.2 Å². The Balaban J connectivity index is 2.00. The molecule has 0 saturated carbocycles. The molecule has 2 N–H and O–H groups in total. The number of hydrogen-bond donors (Lipinski definition) is 2. The fraction of sp³-hybridized carbons (Fsp3) is 0.562. The smallest absolute Gasteiger partial charge is 0.226 e. The van der Waals surface area contributed by atoms with Gasteiger partial charge in [0.05, 0.1) is 10.4 Å². The molecule has 1 aliphatic rings.